The quantitative estimate of drug-likeness (QED) is 0.647. The van der Waals surface area contributed by atoms with E-state index in [9.17, 15) is 29.5 Å². The number of nitro groups is 1. The summed E-state index contributed by atoms with van der Waals surface area (Å²) in [6.07, 6.45) is 1.71. The average Bonchev–Trinajstić information content (AvgIpc) is 2.82. The van der Waals surface area contributed by atoms with Crippen molar-refractivity contribution in [1.82, 2.24) is 0 Å². The molecule has 102 valence electrons. The second-order valence-electron chi connectivity index (χ2n) is 4.68. The lowest BCUT2D eigenvalue weighted by Crippen LogP contribution is -2.32. The summed E-state index contributed by atoms with van der Waals surface area (Å²) in [6, 6.07) is 1.54. The molecule has 2 rings (SSSR count). The number of phenolic OH excluding ortho intramolecular Hbond substituents is 1. The Labute approximate surface area is 107 Å². The molecule has 1 saturated carbocycles. The first-order chi connectivity index (χ1) is 8.88. The molecular formula is C12H12FNO5. The summed E-state index contributed by atoms with van der Waals surface area (Å²) in [5, 5.41) is 29.8. The fraction of sp³-hybridized carbons (Fsp3) is 0.417. The fourth-order valence-electron chi connectivity index (χ4n) is 2.63. The molecule has 0 aliphatic heterocycles. The van der Waals surface area contributed by atoms with E-state index in [4.69, 9.17) is 0 Å². The van der Waals surface area contributed by atoms with Gasteiger partial charge in [-0.1, -0.05) is 12.8 Å². The molecule has 0 aromatic heterocycles. The van der Waals surface area contributed by atoms with Crippen LogP contribution < -0.4 is 0 Å². The number of rotatable bonds is 3. The number of phenols is 1. The second-order valence-corrected chi connectivity index (χ2v) is 4.68. The standard InChI is InChI=1S/C12H12FNO5/c13-9-6-7(14(18)19)5-8(10(9)15)12(11(16)17)3-1-2-4-12/h5-6,15H,1-4H2,(H,16,17). The average molecular weight is 269 g/mol. The van der Waals surface area contributed by atoms with E-state index < -0.39 is 33.6 Å². The van der Waals surface area contributed by atoms with Crippen LogP contribution in [0.25, 0.3) is 0 Å². The first-order valence-electron chi connectivity index (χ1n) is 5.79. The van der Waals surface area contributed by atoms with Gasteiger partial charge in [-0.3, -0.25) is 14.9 Å². The van der Waals surface area contributed by atoms with Gasteiger partial charge >= 0.3 is 5.97 Å². The van der Waals surface area contributed by atoms with Gasteiger partial charge in [0.1, 0.15) is 0 Å². The molecule has 0 heterocycles. The van der Waals surface area contributed by atoms with E-state index in [1.54, 1.807) is 0 Å². The third-order valence-electron chi connectivity index (χ3n) is 3.64. The minimum Gasteiger partial charge on any atom is -0.505 e. The minimum absolute atomic E-state index is 0.204. The zero-order chi connectivity index (χ0) is 14.2. The van der Waals surface area contributed by atoms with Crippen molar-refractivity contribution in [3.8, 4) is 5.75 Å². The smallest absolute Gasteiger partial charge is 0.314 e. The van der Waals surface area contributed by atoms with Gasteiger partial charge in [0.05, 0.1) is 16.4 Å². The van der Waals surface area contributed by atoms with E-state index in [1.165, 1.54) is 0 Å². The normalized spacial score (nSPS) is 17.3. The highest BCUT2D eigenvalue weighted by molar-refractivity contribution is 5.83. The van der Waals surface area contributed by atoms with Gasteiger partial charge < -0.3 is 10.2 Å². The van der Waals surface area contributed by atoms with Gasteiger partial charge in [0.2, 0.25) is 0 Å². The van der Waals surface area contributed by atoms with Crippen molar-refractivity contribution in [1.29, 1.82) is 0 Å². The minimum atomic E-state index is -1.43. The van der Waals surface area contributed by atoms with Crippen LogP contribution >= 0.6 is 0 Å². The Morgan fingerprint density at radius 2 is 1.95 bits per heavy atom. The molecule has 1 fully saturated rings. The number of benzene rings is 1. The number of non-ortho nitro benzene ring substituents is 1. The summed E-state index contributed by atoms with van der Waals surface area (Å²) in [7, 11) is 0. The topological polar surface area (TPSA) is 101 Å². The second kappa shape index (κ2) is 4.49. The lowest BCUT2D eigenvalue weighted by Gasteiger charge is -2.25. The highest BCUT2D eigenvalue weighted by atomic mass is 19.1. The molecule has 0 unspecified atom stereocenters. The maximum Gasteiger partial charge on any atom is 0.314 e. The molecule has 0 atom stereocenters. The summed E-state index contributed by atoms with van der Waals surface area (Å²) in [4.78, 5) is 21.4. The first-order valence-corrected chi connectivity index (χ1v) is 5.79. The van der Waals surface area contributed by atoms with Crippen LogP contribution in [-0.4, -0.2) is 21.1 Å². The molecule has 0 bridgehead atoms. The third-order valence-corrected chi connectivity index (χ3v) is 3.64. The van der Waals surface area contributed by atoms with Gasteiger partial charge in [-0.25, -0.2) is 4.39 Å². The predicted molar refractivity (Wildman–Crippen MR) is 62.5 cm³/mol. The summed E-state index contributed by atoms with van der Waals surface area (Å²) in [6.45, 7) is 0. The van der Waals surface area contributed by atoms with Gasteiger partial charge in [0, 0.05) is 11.6 Å². The van der Waals surface area contributed by atoms with Gasteiger partial charge in [-0.15, -0.1) is 0 Å². The lowest BCUT2D eigenvalue weighted by atomic mass is 9.78. The molecule has 0 radical (unpaired) electrons. The monoisotopic (exact) mass is 269 g/mol. The molecule has 1 aromatic carbocycles. The number of hydrogen-bond donors (Lipinski definition) is 2. The zero-order valence-corrected chi connectivity index (χ0v) is 9.93. The van der Waals surface area contributed by atoms with Crippen LogP contribution in [-0.2, 0) is 10.2 Å². The largest absolute Gasteiger partial charge is 0.505 e. The Morgan fingerprint density at radius 3 is 2.42 bits per heavy atom. The van der Waals surface area contributed by atoms with Crippen LogP contribution in [0.3, 0.4) is 0 Å². The van der Waals surface area contributed by atoms with Crippen molar-refractivity contribution in [3.63, 3.8) is 0 Å². The highest BCUT2D eigenvalue weighted by Gasteiger charge is 2.46. The molecule has 0 saturated heterocycles. The highest BCUT2D eigenvalue weighted by Crippen LogP contribution is 2.46. The van der Waals surface area contributed by atoms with Gasteiger partial charge in [0.15, 0.2) is 11.6 Å². The number of carboxylic acids is 1. The van der Waals surface area contributed by atoms with Crippen LogP contribution in [0.2, 0.25) is 0 Å². The van der Waals surface area contributed by atoms with Crippen LogP contribution in [0.5, 0.6) is 5.75 Å². The van der Waals surface area contributed by atoms with Crippen LogP contribution in [0.4, 0.5) is 10.1 Å². The van der Waals surface area contributed by atoms with Crippen molar-refractivity contribution < 1.29 is 24.3 Å². The third kappa shape index (κ3) is 2.00. The number of nitro benzene ring substituents is 1. The van der Waals surface area contributed by atoms with E-state index in [0.29, 0.717) is 18.9 Å². The number of nitrogens with zero attached hydrogens (tertiary/aromatic N) is 1. The van der Waals surface area contributed by atoms with Crippen molar-refractivity contribution in [2.75, 3.05) is 0 Å². The summed E-state index contributed by atoms with van der Waals surface area (Å²) >= 11 is 0. The van der Waals surface area contributed by atoms with Crippen molar-refractivity contribution in [2.45, 2.75) is 31.1 Å². The number of aromatic hydroxyl groups is 1. The summed E-state index contributed by atoms with van der Waals surface area (Å²) in [5.74, 6) is -3.17. The SMILES string of the molecule is O=C(O)C1(c2cc([N+](=O)[O-])cc(F)c2O)CCCC1. The number of carbonyl (C=O) groups is 1. The van der Waals surface area contributed by atoms with Crippen LogP contribution in [0, 0.1) is 15.9 Å². The van der Waals surface area contributed by atoms with E-state index in [1.807, 2.05) is 0 Å². The van der Waals surface area contributed by atoms with E-state index >= 15 is 0 Å². The van der Waals surface area contributed by atoms with E-state index in [0.717, 1.165) is 6.07 Å². The Kier molecular flexibility index (Phi) is 3.13. The predicted octanol–water partition coefficient (Wildman–Crippen LogP) is 2.34. The van der Waals surface area contributed by atoms with Crippen molar-refractivity contribution >= 4 is 11.7 Å². The first kappa shape index (κ1) is 13.3. The maximum atomic E-state index is 13.5. The Balaban J connectivity index is 2.66. The van der Waals surface area contributed by atoms with E-state index in [-0.39, 0.29) is 18.4 Å². The van der Waals surface area contributed by atoms with Gasteiger partial charge in [0.25, 0.3) is 5.69 Å². The van der Waals surface area contributed by atoms with Gasteiger partial charge in [-0.2, -0.15) is 0 Å². The lowest BCUT2D eigenvalue weighted by molar-refractivity contribution is -0.385. The molecule has 2 N–H and O–H groups in total. The number of halogens is 1. The Bertz CT molecular complexity index is 551. The Hall–Kier alpha value is -2.18. The van der Waals surface area contributed by atoms with Gasteiger partial charge in [-0.05, 0) is 12.8 Å². The number of hydrogen-bond acceptors (Lipinski definition) is 4. The molecule has 1 aliphatic carbocycles. The summed E-state index contributed by atoms with van der Waals surface area (Å²) < 4.78 is 13.5. The van der Waals surface area contributed by atoms with Crippen molar-refractivity contribution in [3.05, 3.63) is 33.6 Å². The summed E-state index contributed by atoms with van der Waals surface area (Å²) in [5.41, 5.74) is -2.20. The molecular weight excluding hydrogens is 257 g/mol. The molecule has 1 aliphatic rings. The molecule has 0 spiro atoms. The maximum absolute atomic E-state index is 13.5. The number of carboxylic acid groups (broad SMARTS) is 1. The number of aliphatic carboxylic acids is 1. The van der Waals surface area contributed by atoms with E-state index in [2.05, 4.69) is 0 Å². The zero-order valence-electron chi connectivity index (χ0n) is 9.93. The molecule has 7 heteroatoms. The van der Waals surface area contributed by atoms with Crippen LogP contribution in [0.1, 0.15) is 31.2 Å². The fourth-order valence-corrected chi connectivity index (χ4v) is 2.63. The van der Waals surface area contributed by atoms with Crippen molar-refractivity contribution in [2.24, 2.45) is 0 Å². The molecule has 0 amide bonds. The molecule has 19 heavy (non-hydrogen) atoms. The molecule has 1 aromatic rings. The van der Waals surface area contributed by atoms with Crippen LogP contribution in [0.15, 0.2) is 12.1 Å². The Morgan fingerprint density at radius 1 is 1.37 bits per heavy atom. The molecule has 6 nitrogen and oxygen atoms in total.